The van der Waals surface area contributed by atoms with Gasteiger partial charge in [0.2, 0.25) is 0 Å². The Kier molecular flexibility index (Phi) is 2.49. The molecule has 0 spiro atoms. The van der Waals surface area contributed by atoms with Gasteiger partial charge in [0.25, 0.3) is 0 Å². The molecule has 3 N–H and O–H groups in total. The monoisotopic (exact) mass is 170 g/mol. The van der Waals surface area contributed by atoms with Gasteiger partial charge in [0, 0.05) is 18.4 Å². The van der Waals surface area contributed by atoms with E-state index in [1.165, 1.54) is 0 Å². The first-order valence-corrected chi connectivity index (χ1v) is 3.87. The van der Waals surface area contributed by atoms with E-state index in [2.05, 4.69) is 17.2 Å². The van der Waals surface area contributed by atoms with Crippen LogP contribution in [0.25, 0.3) is 0 Å². The number of oxime groups is 1. The highest BCUT2D eigenvalue weighted by Gasteiger charge is 2.31. The lowest BCUT2D eigenvalue weighted by atomic mass is 9.80. The first kappa shape index (κ1) is 9.22. The van der Waals surface area contributed by atoms with Gasteiger partial charge in [-0.3, -0.25) is 0 Å². The van der Waals surface area contributed by atoms with Crippen molar-refractivity contribution < 1.29 is 10.4 Å². The summed E-state index contributed by atoms with van der Waals surface area (Å²) < 4.78 is 0. The summed E-state index contributed by atoms with van der Waals surface area (Å²) in [6.45, 7) is 5.68. The third-order valence-electron chi connectivity index (χ3n) is 2.10. The fourth-order valence-electron chi connectivity index (χ4n) is 1.63. The zero-order valence-corrected chi connectivity index (χ0v) is 7.17. The summed E-state index contributed by atoms with van der Waals surface area (Å²) in [6.07, 6.45) is 1.90. The van der Waals surface area contributed by atoms with E-state index in [1.807, 2.05) is 6.92 Å². The van der Waals surface area contributed by atoms with Crippen molar-refractivity contribution in [2.24, 2.45) is 5.16 Å². The highest BCUT2D eigenvalue weighted by molar-refractivity contribution is 5.88. The molecule has 1 fully saturated rings. The normalized spacial score (nSPS) is 34.2. The van der Waals surface area contributed by atoms with E-state index >= 15 is 0 Å². The summed E-state index contributed by atoms with van der Waals surface area (Å²) in [5, 5.41) is 20.6. The van der Waals surface area contributed by atoms with Gasteiger partial charge in [-0.25, -0.2) is 0 Å². The maximum Gasteiger partial charge on any atom is 0.0630 e. The predicted molar refractivity (Wildman–Crippen MR) is 45.5 cm³/mol. The summed E-state index contributed by atoms with van der Waals surface area (Å²) >= 11 is 0. The van der Waals surface area contributed by atoms with Gasteiger partial charge in [-0.05, 0) is 13.3 Å². The molecule has 1 unspecified atom stereocenters. The van der Waals surface area contributed by atoms with Crippen molar-refractivity contribution in [1.82, 2.24) is 5.48 Å². The van der Waals surface area contributed by atoms with Gasteiger partial charge in [-0.1, -0.05) is 17.3 Å². The van der Waals surface area contributed by atoms with Crippen LogP contribution in [0.15, 0.2) is 17.3 Å². The molecular formula is C8H14N2O2. The molecule has 0 aromatic carbocycles. The second-order valence-electron chi connectivity index (χ2n) is 3.62. The molecule has 1 saturated carbocycles. The molecule has 1 aliphatic carbocycles. The molecule has 1 rings (SSSR count). The van der Waals surface area contributed by atoms with Gasteiger partial charge >= 0.3 is 0 Å². The summed E-state index contributed by atoms with van der Waals surface area (Å²) in [5.41, 5.74) is 3.44. The van der Waals surface area contributed by atoms with Crippen molar-refractivity contribution in [3.05, 3.63) is 12.2 Å². The van der Waals surface area contributed by atoms with Crippen LogP contribution in [-0.2, 0) is 0 Å². The molecule has 0 aromatic heterocycles. The number of rotatable bonds is 1. The number of nitrogens with one attached hydrogen (secondary N) is 1. The molecule has 0 aromatic rings. The molecule has 0 heterocycles. The minimum atomic E-state index is -0.420. The Bertz CT molecular complexity index is 225. The first-order chi connectivity index (χ1) is 5.59. The quantitative estimate of drug-likeness (QED) is 0.315. The Hall–Kier alpha value is -0.870. The predicted octanol–water partition coefficient (Wildman–Crippen LogP) is 1.29. The van der Waals surface area contributed by atoms with Crippen LogP contribution in [-0.4, -0.2) is 21.7 Å². The molecule has 4 nitrogen and oxygen atoms in total. The first-order valence-electron chi connectivity index (χ1n) is 3.87. The molecule has 0 aliphatic heterocycles. The van der Waals surface area contributed by atoms with Gasteiger partial charge in [0.05, 0.1) is 5.71 Å². The molecule has 4 heteroatoms. The van der Waals surface area contributed by atoms with Gasteiger partial charge in [-0.2, -0.15) is 5.48 Å². The minimum Gasteiger partial charge on any atom is -0.411 e. The average Bonchev–Trinajstić information content (AvgIpc) is 2.03. The molecule has 0 amide bonds. The Morgan fingerprint density at radius 1 is 1.58 bits per heavy atom. The number of nitrogens with zero attached hydrogens (tertiary/aromatic N) is 1. The number of hydrogen-bond donors (Lipinski definition) is 3. The molecule has 1 atom stereocenters. The Balaban J connectivity index is 2.76. The van der Waals surface area contributed by atoms with Crippen LogP contribution in [0.1, 0.15) is 26.2 Å². The smallest absolute Gasteiger partial charge is 0.0630 e. The van der Waals surface area contributed by atoms with Crippen LogP contribution in [0.2, 0.25) is 0 Å². The molecule has 68 valence electrons. The van der Waals surface area contributed by atoms with Crippen LogP contribution in [0.3, 0.4) is 0 Å². The van der Waals surface area contributed by atoms with E-state index in [1.54, 1.807) is 0 Å². The zero-order chi connectivity index (χ0) is 9.19. The van der Waals surface area contributed by atoms with Crippen molar-refractivity contribution in [3.63, 3.8) is 0 Å². The van der Waals surface area contributed by atoms with Crippen molar-refractivity contribution >= 4 is 5.71 Å². The Labute approximate surface area is 71.5 Å². The van der Waals surface area contributed by atoms with Crippen molar-refractivity contribution in [2.75, 3.05) is 0 Å². The SMILES string of the molecule is C=C1C/C(=N/O)CC(C)(NO)C1. The van der Waals surface area contributed by atoms with Crippen LogP contribution in [0, 0.1) is 0 Å². The average molecular weight is 170 g/mol. The molecule has 0 saturated heterocycles. The van der Waals surface area contributed by atoms with Crippen molar-refractivity contribution in [3.8, 4) is 0 Å². The van der Waals surface area contributed by atoms with Crippen molar-refractivity contribution in [2.45, 2.75) is 31.7 Å². The standard InChI is InChI=1S/C8H14N2O2/c1-6-3-7(9-11)5-8(2,4-6)10-12/h10-12H,1,3-5H2,2H3/b9-7-. The Morgan fingerprint density at radius 2 is 2.25 bits per heavy atom. The maximum absolute atomic E-state index is 8.85. The summed E-state index contributed by atoms with van der Waals surface area (Å²) in [6, 6.07) is 0. The van der Waals surface area contributed by atoms with E-state index in [9.17, 15) is 0 Å². The minimum absolute atomic E-state index is 0.420. The molecule has 0 radical (unpaired) electrons. The fourth-order valence-corrected chi connectivity index (χ4v) is 1.63. The molecule has 1 aliphatic rings. The second kappa shape index (κ2) is 3.25. The van der Waals surface area contributed by atoms with E-state index in [0.717, 1.165) is 5.57 Å². The lowest BCUT2D eigenvalue weighted by molar-refractivity contribution is 0.0718. The summed E-state index contributed by atoms with van der Waals surface area (Å²) in [4.78, 5) is 0. The van der Waals surface area contributed by atoms with Gasteiger partial charge in [-0.15, -0.1) is 0 Å². The van der Waals surface area contributed by atoms with Gasteiger partial charge in [0.15, 0.2) is 0 Å². The van der Waals surface area contributed by atoms with Crippen LogP contribution in [0.4, 0.5) is 0 Å². The highest BCUT2D eigenvalue weighted by atomic mass is 16.5. The van der Waals surface area contributed by atoms with Gasteiger partial charge < -0.3 is 10.4 Å². The lowest BCUT2D eigenvalue weighted by Crippen LogP contribution is -2.45. The van der Waals surface area contributed by atoms with E-state index in [4.69, 9.17) is 10.4 Å². The Morgan fingerprint density at radius 3 is 2.75 bits per heavy atom. The summed E-state index contributed by atoms with van der Waals surface area (Å²) in [5.74, 6) is 0. The molecule has 12 heavy (non-hydrogen) atoms. The third-order valence-corrected chi connectivity index (χ3v) is 2.10. The molecular weight excluding hydrogens is 156 g/mol. The highest BCUT2D eigenvalue weighted by Crippen LogP contribution is 2.28. The zero-order valence-electron chi connectivity index (χ0n) is 7.17. The summed E-state index contributed by atoms with van der Waals surface area (Å²) in [7, 11) is 0. The number of hydrogen-bond acceptors (Lipinski definition) is 4. The van der Waals surface area contributed by atoms with E-state index in [0.29, 0.717) is 25.0 Å². The largest absolute Gasteiger partial charge is 0.411 e. The number of hydroxylamine groups is 1. The third kappa shape index (κ3) is 1.84. The maximum atomic E-state index is 8.85. The van der Waals surface area contributed by atoms with Crippen LogP contribution in [0.5, 0.6) is 0 Å². The fraction of sp³-hybridized carbons (Fsp3) is 0.625. The van der Waals surface area contributed by atoms with Crippen molar-refractivity contribution in [1.29, 1.82) is 0 Å². The van der Waals surface area contributed by atoms with E-state index < -0.39 is 5.54 Å². The topological polar surface area (TPSA) is 64.9 Å². The lowest BCUT2D eigenvalue weighted by Gasteiger charge is -2.33. The van der Waals surface area contributed by atoms with E-state index in [-0.39, 0.29) is 0 Å². The van der Waals surface area contributed by atoms with Crippen LogP contribution < -0.4 is 5.48 Å². The van der Waals surface area contributed by atoms with Crippen LogP contribution >= 0.6 is 0 Å². The second-order valence-corrected chi connectivity index (χ2v) is 3.62. The van der Waals surface area contributed by atoms with Gasteiger partial charge in [0.1, 0.15) is 0 Å². The molecule has 0 bridgehead atoms.